The molecule has 0 atom stereocenters. The Morgan fingerprint density at radius 1 is 1.64 bits per heavy atom. The van der Waals surface area contributed by atoms with E-state index in [9.17, 15) is 0 Å². The van der Waals surface area contributed by atoms with Crippen LogP contribution in [0.5, 0.6) is 0 Å². The highest BCUT2D eigenvalue weighted by Crippen LogP contribution is 2.18. The Bertz CT molecular complexity index is 205. The summed E-state index contributed by atoms with van der Waals surface area (Å²) in [4.78, 5) is 0. The number of nitrogens with zero attached hydrogens (tertiary/aromatic N) is 2. The molecule has 1 aromatic heterocycles. The molecule has 0 bridgehead atoms. The van der Waals surface area contributed by atoms with Crippen molar-refractivity contribution in [3.63, 3.8) is 0 Å². The van der Waals surface area contributed by atoms with Gasteiger partial charge in [0, 0.05) is 19.0 Å². The van der Waals surface area contributed by atoms with Crippen LogP contribution >= 0.6 is 11.7 Å². The molecule has 60 valence electrons. The molecule has 2 rings (SSSR count). The van der Waals surface area contributed by atoms with Crippen molar-refractivity contribution in [2.45, 2.75) is 25.3 Å². The van der Waals surface area contributed by atoms with Gasteiger partial charge in [0.2, 0.25) is 0 Å². The molecular formula is C7H11N3S. The van der Waals surface area contributed by atoms with Gasteiger partial charge < -0.3 is 5.32 Å². The van der Waals surface area contributed by atoms with Gasteiger partial charge in [0.25, 0.3) is 0 Å². The van der Waals surface area contributed by atoms with Crippen LogP contribution in [-0.4, -0.2) is 21.3 Å². The van der Waals surface area contributed by atoms with E-state index in [2.05, 4.69) is 14.1 Å². The van der Waals surface area contributed by atoms with Crippen molar-refractivity contribution in [1.29, 1.82) is 0 Å². The average Bonchev–Trinajstić information content (AvgIpc) is 2.66. The van der Waals surface area contributed by atoms with Crippen LogP contribution < -0.4 is 5.32 Å². The number of rotatable bonds is 4. The lowest BCUT2D eigenvalue weighted by atomic mass is 10.3. The molecule has 1 fully saturated rings. The maximum absolute atomic E-state index is 4.12. The van der Waals surface area contributed by atoms with Crippen LogP contribution in [0.4, 0.5) is 0 Å². The molecule has 1 aromatic rings. The normalized spacial score (nSPS) is 17.1. The van der Waals surface area contributed by atoms with Crippen molar-refractivity contribution in [3.8, 4) is 0 Å². The average molecular weight is 169 g/mol. The summed E-state index contributed by atoms with van der Waals surface area (Å²) in [6.07, 6.45) is 5.58. The zero-order valence-corrected chi connectivity index (χ0v) is 7.10. The van der Waals surface area contributed by atoms with Gasteiger partial charge >= 0.3 is 0 Å². The summed E-state index contributed by atoms with van der Waals surface area (Å²) in [7, 11) is 0. The first kappa shape index (κ1) is 7.18. The molecule has 1 heterocycles. The second-order valence-electron chi connectivity index (χ2n) is 2.88. The predicted octanol–water partition coefficient (Wildman–Crippen LogP) is 0.833. The summed E-state index contributed by atoms with van der Waals surface area (Å²) in [5.41, 5.74) is 1.11. The maximum atomic E-state index is 4.12. The fourth-order valence-electron chi connectivity index (χ4n) is 0.986. The molecule has 1 aliphatic carbocycles. The molecule has 0 amide bonds. The Kier molecular flexibility index (Phi) is 2.14. The van der Waals surface area contributed by atoms with Crippen molar-refractivity contribution in [3.05, 3.63) is 11.9 Å². The molecule has 0 saturated heterocycles. The number of nitrogens with one attached hydrogen (secondary N) is 1. The summed E-state index contributed by atoms with van der Waals surface area (Å²) >= 11 is 1.29. The van der Waals surface area contributed by atoms with E-state index in [1.165, 1.54) is 24.6 Å². The van der Waals surface area contributed by atoms with E-state index in [1.54, 1.807) is 0 Å². The molecule has 3 nitrogen and oxygen atoms in total. The highest BCUT2D eigenvalue weighted by atomic mass is 32.1. The van der Waals surface area contributed by atoms with Crippen LogP contribution in [-0.2, 0) is 6.42 Å². The summed E-state index contributed by atoms with van der Waals surface area (Å²) in [6.45, 7) is 1.05. The van der Waals surface area contributed by atoms with E-state index < -0.39 is 0 Å². The lowest BCUT2D eigenvalue weighted by molar-refractivity contribution is 0.677. The largest absolute Gasteiger partial charge is 0.314 e. The highest BCUT2D eigenvalue weighted by molar-refractivity contribution is 6.99. The highest BCUT2D eigenvalue weighted by Gasteiger charge is 2.19. The number of aromatic nitrogens is 2. The lowest BCUT2D eigenvalue weighted by Crippen LogP contribution is -2.19. The van der Waals surface area contributed by atoms with Crippen LogP contribution in [0.2, 0.25) is 0 Å². The molecule has 1 saturated carbocycles. The Balaban J connectivity index is 1.66. The third kappa shape index (κ3) is 2.24. The zero-order chi connectivity index (χ0) is 7.52. The first-order valence-electron chi connectivity index (χ1n) is 3.95. The van der Waals surface area contributed by atoms with Crippen molar-refractivity contribution in [2.24, 2.45) is 0 Å². The minimum Gasteiger partial charge on any atom is -0.314 e. The molecule has 0 aromatic carbocycles. The van der Waals surface area contributed by atoms with Crippen LogP contribution in [0, 0.1) is 0 Å². The fourth-order valence-corrected chi connectivity index (χ4v) is 1.45. The standard InChI is InChI=1S/C7H11N3S/c1-2-6(1)8-4-3-7-5-9-11-10-7/h5-6,8H,1-4H2. The van der Waals surface area contributed by atoms with E-state index >= 15 is 0 Å². The SMILES string of the molecule is c1nsnc1CCNC1CC1. The molecule has 1 aliphatic rings. The van der Waals surface area contributed by atoms with Crippen molar-refractivity contribution in [1.82, 2.24) is 14.1 Å². The predicted molar refractivity (Wildman–Crippen MR) is 44.6 cm³/mol. The zero-order valence-electron chi connectivity index (χ0n) is 6.29. The van der Waals surface area contributed by atoms with Gasteiger partial charge in [-0.15, -0.1) is 0 Å². The molecule has 1 N–H and O–H groups in total. The van der Waals surface area contributed by atoms with E-state index in [1.807, 2.05) is 6.20 Å². The molecular weight excluding hydrogens is 158 g/mol. The Labute approximate surface area is 70.2 Å². The first-order chi connectivity index (χ1) is 5.45. The quantitative estimate of drug-likeness (QED) is 0.725. The fraction of sp³-hybridized carbons (Fsp3) is 0.714. The summed E-state index contributed by atoms with van der Waals surface area (Å²) in [6, 6.07) is 0.807. The van der Waals surface area contributed by atoms with E-state index in [0.717, 1.165) is 24.7 Å². The van der Waals surface area contributed by atoms with Gasteiger partial charge in [-0.1, -0.05) is 0 Å². The molecule has 11 heavy (non-hydrogen) atoms. The van der Waals surface area contributed by atoms with E-state index in [-0.39, 0.29) is 0 Å². The monoisotopic (exact) mass is 169 g/mol. The van der Waals surface area contributed by atoms with Crippen LogP contribution in [0.25, 0.3) is 0 Å². The smallest absolute Gasteiger partial charge is 0.0755 e. The van der Waals surface area contributed by atoms with Crippen LogP contribution in [0.3, 0.4) is 0 Å². The van der Waals surface area contributed by atoms with E-state index in [4.69, 9.17) is 0 Å². The molecule has 0 spiro atoms. The van der Waals surface area contributed by atoms with Gasteiger partial charge in [-0.25, -0.2) is 0 Å². The Morgan fingerprint density at radius 2 is 2.55 bits per heavy atom. The van der Waals surface area contributed by atoms with Gasteiger partial charge in [-0.05, 0) is 12.8 Å². The van der Waals surface area contributed by atoms with Gasteiger partial charge in [-0.3, -0.25) is 0 Å². The minimum absolute atomic E-state index is 0.807. The number of hydrogen-bond acceptors (Lipinski definition) is 4. The van der Waals surface area contributed by atoms with Gasteiger partial charge in [0.1, 0.15) is 0 Å². The third-order valence-corrected chi connectivity index (χ3v) is 2.31. The van der Waals surface area contributed by atoms with Gasteiger partial charge in [-0.2, -0.15) is 8.75 Å². The number of hydrogen-bond donors (Lipinski definition) is 1. The van der Waals surface area contributed by atoms with Crippen LogP contribution in [0.1, 0.15) is 18.5 Å². The van der Waals surface area contributed by atoms with Gasteiger partial charge in [0.05, 0.1) is 23.6 Å². The van der Waals surface area contributed by atoms with Crippen molar-refractivity contribution in [2.75, 3.05) is 6.54 Å². The maximum Gasteiger partial charge on any atom is 0.0755 e. The van der Waals surface area contributed by atoms with Gasteiger partial charge in [0.15, 0.2) is 0 Å². The molecule has 4 heteroatoms. The van der Waals surface area contributed by atoms with E-state index in [0.29, 0.717) is 0 Å². The summed E-state index contributed by atoms with van der Waals surface area (Å²) in [5.74, 6) is 0. The third-order valence-electron chi connectivity index (χ3n) is 1.80. The summed E-state index contributed by atoms with van der Waals surface area (Å²) in [5, 5.41) is 3.43. The topological polar surface area (TPSA) is 37.8 Å². The molecule has 0 radical (unpaired) electrons. The second-order valence-corrected chi connectivity index (χ2v) is 3.43. The second kappa shape index (κ2) is 3.28. The molecule has 0 aliphatic heterocycles. The van der Waals surface area contributed by atoms with Crippen LogP contribution in [0.15, 0.2) is 6.20 Å². The Morgan fingerprint density at radius 3 is 3.18 bits per heavy atom. The summed E-state index contributed by atoms with van der Waals surface area (Å²) < 4.78 is 8.06. The molecule has 0 unspecified atom stereocenters. The minimum atomic E-state index is 0.807. The Hall–Kier alpha value is -0.480. The lowest BCUT2D eigenvalue weighted by Gasteiger charge is -1.97. The van der Waals surface area contributed by atoms with Crippen molar-refractivity contribution >= 4 is 11.7 Å². The first-order valence-corrected chi connectivity index (χ1v) is 4.68. The van der Waals surface area contributed by atoms with Crippen molar-refractivity contribution < 1.29 is 0 Å².